The molecule has 2 aromatic rings. The molecule has 0 radical (unpaired) electrons. The van der Waals surface area contributed by atoms with Crippen LogP contribution in [0.3, 0.4) is 0 Å². The Hall–Kier alpha value is -2.29. The highest BCUT2D eigenvalue weighted by Gasteiger charge is 2.35. The van der Waals surface area contributed by atoms with Gasteiger partial charge in [0.2, 0.25) is 6.10 Å². The zero-order chi connectivity index (χ0) is 24.8. The molecule has 1 atom stereocenters. The number of urea groups is 1. The lowest BCUT2D eigenvalue weighted by molar-refractivity contribution is -0.154. The van der Waals surface area contributed by atoms with E-state index in [0.717, 1.165) is 37.0 Å². The molecular weight excluding hydrogens is 499 g/mol. The number of carbonyl (C=O) groups excluding carboxylic acids is 3. The number of hydrogen-bond acceptors (Lipinski definition) is 6. The first-order chi connectivity index (χ1) is 16.2. The maximum absolute atomic E-state index is 13.2. The van der Waals surface area contributed by atoms with Gasteiger partial charge in [0, 0.05) is 10.8 Å². The molecule has 2 N–H and O–H groups in total. The fourth-order valence-corrected chi connectivity index (χ4v) is 5.41. The van der Waals surface area contributed by atoms with E-state index in [-0.39, 0.29) is 33.1 Å². The quantitative estimate of drug-likeness (QED) is 0.375. The second kappa shape index (κ2) is 11.9. The zero-order valence-electron chi connectivity index (χ0n) is 19.3. The summed E-state index contributed by atoms with van der Waals surface area (Å²) in [5, 5.41) is 6.19. The van der Waals surface area contributed by atoms with Gasteiger partial charge < -0.3 is 14.8 Å². The highest BCUT2D eigenvalue weighted by Crippen LogP contribution is 2.36. The Bertz CT molecular complexity index is 1030. The van der Waals surface area contributed by atoms with Crippen molar-refractivity contribution in [3.8, 4) is 0 Å². The van der Waals surface area contributed by atoms with Crippen LogP contribution < -0.4 is 10.6 Å². The Labute approximate surface area is 213 Å². The molecule has 1 aromatic heterocycles. The normalized spacial score (nSPS) is 15.0. The van der Waals surface area contributed by atoms with Crippen molar-refractivity contribution >= 4 is 63.2 Å². The largest absolute Gasteiger partial charge is 0.466 e. The number of halogens is 2. The molecule has 1 aliphatic rings. The topological polar surface area (TPSA) is 93.7 Å². The van der Waals surface area contributed by atoms with E-state index >= 15 is 0 Å². The number of rotatable bonds is 7. The van der Waals surface area contributed by atoms with Crippen molar-refractivity contribution < 1.29 is 23.9 Å². The highest BCUT2D eigenvalue weighted by molar-refractivity contribution is 7.16. The molecule has 1 saturated carbocycles. The van der Waals surface area contributed by atoms with E-state index in [1.807, 2.05) is 13.8 Å². The molecule has 0 saturated heterocycles. The van der Waals surface area contributed by atoms with E-state index < -0.39 is 24.1 Å². The van der Waals surface area contributed by atoms with Gasteiger partial charge in [0.15, 0.2) is 0 Å². The number of ether oxygens (including phenoxy) is 2. The molecule has 2 amide bonds. The fourth-order valence-electron chi connectivity index (χ4n) is 3.87. The van der Waals surface area contributed by atoms with Gasteiger partial charge >= 0.3 is 18.0 Å². The molecule has 1 fully saturated rings. The molecule has 0 spiro atoms. The summed E-state index contributed by atoms with van der Waals surface area (Å²) in [4.78, 5) is 39.2. The number of anilines is 2. The molecule has 0 bridgehead atoms. The van der Waals surface area contributed by atoms with Gasteiger partial charge in [-0.25, -0.2) is 14.4 Å². The van der Waals surface area contributed by atoms with Crippen LogP contribution in [0.2, 0.25) is 10.0 Å². The number of para-hydroxylation sites is 1. The summed E-state index contributed by atoms with van der Waals surface area (Å²) in [7, 11) is 1.28. The molecule has 0 aliphatic heterocycles. The first-order valence-corrected chi connectivity index (χ1v) is 12.7. The Morgan fingerprint density at radius 2 is 1.71 bits per heavy atom. The van der Waals surface area contributed by atoms with Gasteiger partial charge in [-0.3, -0.25) is 5.32 Å². The number of thiophene rings is 1. The number of hydrogen-bond donors (Lipinski definition) is 2. The number of nitrogens with one attached hydrogen (secondary N) is 2. The molecule has 0 unspecified atom stereocenters. The van der Waals surface area contributed by atoms with Crippen LogP contribution >= 0.6 is 34.5 Å². The number of benzene rings is 1. The van der Waals surface area contributed by atoms with E-state index in [1.54, 1.807) is 24.3 Å². The summed E-state index contributed by atoms with van der Waals surface area (Å²) >= 11 is 13.5. The van der Waals surface area contributed by atoms with Crippen LogP contribution in [-0.4, -0.2) is 31.2 Å². The van der Waals surface area contributed by atoms with Crippen LogP contribution in [0.15, 0.2) is 24.3 Å². The van der Waals surface area contributed by atoms with E-state index in [0.29, 0.717) is 5.00 Å². The second-order valence-electron chi connectivity index (χ2n) is 8.47. The third kappa shape index (κ3) is 6.43. The number of esters is 2. The molecule has 1 aromatic carbocycles. The average Bonchev–Trinajstić information content (AvgIpc) is 3.24. The van der Waals surface area contributed by atoms with Crippen LogP contribution in [0.4, 0.5) is 15.5 Å². The maximum Gasteiger partial charge on any atom is 0.347 e. The molecular formula is C24H28Cl2N2O5S. The summed E-state index contributed by atoms with van der Waals surface area (Å²) in [6, 6.07) is 5.95. The van der Waals surface area contributed by atoms with Crippen molar-refractivity contribution in [2.24, 2.45) is 5.92 Å². The fraction of sp³-hybridized carbons (Fsp3) is 0.458. The Balaban J connectivity index is 1.82. The van der Waals surface area contributed by atoms with Crippen molar-refractivity contribution in [3.05, 3.63) is 44.8 Å². The molecule has 10 heteroatoms. The van der Waals surface area contributed by atoms with Crippen molar-refractivity contribution in [2.75, 3.05) is 17.7 Å². The van der Waals surface area contributed by atoms with Gasteiger partial charge in [0.05, 0.1) is 28.4 Å². The summed E-state index contributed by atoms with van der Waals surface area (Å²) in [5.74, 6) is -1.23. The maximum atomic E-state index is 13.2. The Kier molecular flexibility index (Phi) is 9.22. The number of carbonyl (C=O) groups is 3. The first-order valence-electron chi connectivity index (χ1n) is 11.2. The number of methoxy groups -OCH3 is 1. The lowest BCUT2D eigenvalue weighted by Gasteiger charge is -2.28. The van der Waals surface area contributed by atoms with Crippen molar-refractivity contribution in [1.29, 1.82) is 0 Å². The molecule has 7 nitrogen and oxygen atoms in total. The minimum Gasteiger partial charge on any atom is -0.466 e. The van der Waals surface area contributed by atoms with Crippen LogP contribution in [-0.2, 0) is 14.3 Å². The molecule has 1 heterocycles. The van der Waals surface area contributed by atoms with Crippen molar-refractivity contribution in [3.63, 3.8) is 0 Å². The predicted molar refractivity (Wildman–Crippen MR) is 135 cm³/mol. The Morgan fingerprint density at radius 3 is 2.29 bits per heavy atom. The van der Waals surface area contributed by atoms with Crippen LogP contribution in [0, 0.1) is 5.92 Å². The minimum absolute atomic E-state index is 0.0876. The summed E-state index contributed by atoms with van der Waals surface area (Å²) in [6.07, 6.45) is 3.65. The standard InChI is InChI=1S/C24H28Cl2N2O5S/c1-13(2)18-12-15(22(29)33-20(23(30)32-3)14-8-5-4-6-9-14)21(34-18)28-24(31)27-19-16(25)10-7-11-17(19)26/h7,10-14,20H,4-6,8-9H2,1-3H3,(H2,27,28,31)/t20-/m0/s1. The Morgan fingerprint density at radius 1 is 1.06 bits per heavy atom. The van der Waals surface area contributed by atoms with Crippen LogP contribution in [0.1, 0.15) is 67.1 Å². The number of amides is 2. The minimum atomic E-state index is -0.983. The SMILES string of the molecule is COC(=O)[C@@H](OC(=O)c1cc(C(C)C)sc1NC(=O)Nc1c(Cl)cccc1Cl)C1CCCCC1. The highest BCUT2D eigenvalue weighted by atomic mass is 35.5. The monoisotopic (exact) mass is 526 g/mol. The van der Waals surface area contributed by atoms with Gasteiger partial charge in [-0.05, 0) is 37.0 Å². The lowest BCUT2D eigenvalue weighted by Crippen LogP contribution is -2.36. The third-order valence-corrected chi connectivity index (χ3v) is 7.69. The smallest absolute Gasteiger partial charge is 0.347 e. The van der Waals surface area contributed by atoms with Gasteiger partial charge in [0.1, 0.15) is 5.00 Å². The van der Waals surface area contributed by atoms with Gasteiger partial charge in [-0.1, -0.05) is 62.4 Å². The van der Waals surface area contributed by atoms with Crippen molar-refractivity contribution in [1.82, 2.24) is 0 Å². The van der Waals surface area contributed by atoms with Crippen LogP contribution in [0.25, 0.3) is 0 Å². The molecule has 1 aliphatic carbocycles. The zero-order valence-corrected chi connectivity index (χ0v) is 21.6. The predicted octanol–water partition coefficient (Wildman–Crippen LogP) is 7.10. The summed E-state index contributed by atoms with van der Waals surface area (Å²) < 4.78 is 10.6. The summed E-state index contributed by atoms with van der Waals surface area (Å²) in [6.45, 7) is 3.96. The van der Waals surface area contributed by atoms with E-state index in [4.69, 9.17) is 32.7 Å². The van der Waals surface area contributed by atoms with E-state index in [2.05, 4.69) is 10.6 Å². The van der Waals surface area contributed by atoms with Crippen molar-refractivity contribution in [2.45, 2.75) is 58.0 Å². The van der Waals surface area contributed by atoms with Crippen LogP contribution in [0.5, 0.6) is 0 Å². The molecule has 3 rings (SSSR count). The third-order valence-electron chi connectivity index (χ3n) is 5.71. The second-order valence-corrected chi connectivity index (χ2v) is 10.4. The molecule has 184 valence electrons. The summed E-state index contributed by atoms with van der Waals surface area (Å²) in [5.41, 5.74) is 0.440. The lowest BCUT2D eigenvalue weighted by atomic mass is 9.85. The average molecular weight is 527 g/mol. The molecule has 34 heavy (non-hydrogen) atoms. The van der Waals surface area contributed by atoms with Gasteiger partial charge in [-0.2, -0.15) is 0 Å². The van der Waals surface area contributed by atoms with E-state index in [1.165, 1.54) is 18.4 Å². The first kappa shape index (κ1) is 26.3. The van der Waals surface area contributed by atoms with Gasteiger partial charge in [0.25, 0.3) is 0 Å². The van der Waals surface area contributed by atoms with Gasteiger partial charge in [-0.15, -0.1) is 11.3 Å². The van der Waals surface area contributed by atoms with E-state index in [9.17, 15) is 14.4 Å².